The number of rotatable bonds is 20. The molecule has 0 radical (unpaired) electrons. The highest BCUT2D eigenvalue weighted by Crippen LogP contribution is 2.39. The number of hydrogen-bond acceptors (Lipinski definition) is 2. The van der Waals surface area contributed by atoms with E-state index in [1.165, 1.54) is 114 Å². The van der Waals surface area contributed by atoms with Crippen molar-refractivity contribution in [1.82, 2.24) is 0 Å². The van der Waals surface area contributed by atoms with Crippen LogP contribution in [0, 0.1) is 0 Å². The Bertz CT molecular complexity index is 1490. The quantitative estimate of drug-likeness (QED) is 0.0612. The van der Waals surface area contributed by atoms with Gasteiger partial charge in [0.25, 0.3) is 0 Å². The fourth-order valence-corrected chi connectivity index (χ4v) is 7.74. The highest BCUT2D eigenvalue weighted by molar-refractivity contribution is 7.81. The molecule has 0 saturated carbocycles. The first kappa shape index (κ1) is 35.9. The maximum Gasteiger partial charge on any atom is 0.194 e. The highest BCUT2D eigenvalue weighted by atomic mass is 32.1. The van der Waals surface area contributed by atoms with Crippen LogP contribution in [-0.2, 0) is 12.8 Å². The lowest BCUT2D eigenvalue weighted by atomic mass is 9.78. The SMILES string of the molecule is CCCCCCCCCCc1ccc(-c2cccc3c2C(=O)c2cccc(-c4ccc(CCCCCCCCCC)cc4)c2C3=S)cc1. The minimum Gasteiger partial charge on any atom is -0.289 e. The number of ketones is 1. The molecule has 0 bridgehead atoms. The van der Waals surface area contributed by atoms with Gasteiger partial charge in [-0.2, -0.15) is 0 Å². The van der Waals surface area contributed by atoms with Crippen LogP contribution in [0.1, 0.15) is 155 Å². The topological polar surface area (TPSA) is 17.1 Å². The van der Waals surface area contributed by atoms with E-state index in [4.69, 9.17) is 12.2 Å². The van der Waals surface area contributed by atoms with Gasteiger partial charge >= 0.3 is 0 Å². The van der Waals surface area contributed by atoms with Crippen LogP contribution in [-0.4, -0.2) is 10.6 Å². The largest absolute Gasteiger partial charge is 0.289 e. The minimum absolute atomic E-state index is 0.0698. The summed E-state index contributed by atoms with van der Waals surface area (Å²) in [5.74, 6) is 0.0698. The van der Waals surface area contributed by atoms with E-state index in [0.717, 1.165) is 56.7 Å². The Labute approximate surface area is 296 Å². The molecule has 2 heteroatoms. The Morgan fingerprint density at radius 2 is 0.792 bits per heavy atom. The van der Waals surface area contributed by atoms with Crippen LogP contribution in [0.2, 0.25) is 0 Å². The normalized spacial score (nSPS) is 12.3. The average Bonchev–Trinajstić information content (AvgIpc) is 3.13. The van der Waals surface area contributed by atoms with E-state index < -0.39 is 0 Å². The van der Waals surface area contributed by atoms with E-state index in [2.05, 4.69) is 80.6 Å². The van der Waals surface area contributed by atoms with Gasteiger partial charge in [-0.05, 0) is 59.1 Å². The predicted octanol–water partition coefficient (Wildman–Crippen LogP) is 13.7. The van der Waals surface area contributed by atoms with Gasteiger partial charge in [0, 0.05) is 22.3 Å². The van der Waals surface area contributed by atoms with E-state index in [-0.39, 0.29) is 5.78 Å². The summed E-state index contributed by atoms with van der Waals surface area (Å²) in [5.41, 5.74) is 10.2. The number of fused-ring (bicyclic) bond motifs is 2. The summed E-state index contributed by atoms with van der Waals surface area (Å²) in [6, 6.07) is 30.0. The third kappa shape index (κ3) is 9.41. The van der Waals surface area contributed by atoms with Crippen molar-refractivity contribution in [2.24, 2.45) is 0 Å². The molecular formula is C46H56OS. The molecule has 0 aliphatic heterocycles. The van der Waals surface area contributed by atoms with E-state index in [9.17, 15) is 4.79 Å². The molecule has 0 N–H and O–H groups in total. The number of hydrogen-bond donors (Lipinski definition) is 0. The van der Waals surface area contributed by atoms with Gasteiger partial charge in [-0.25, -0.2) is 0 Å². The van der Waals surface area contributed by atoms with Crippen LogP contribution in [0.4, 0.5) is 0 Å². The molecule has 4 aromatic rings. The van der Waals surface area contributed by atoms with Crippen LogP contribution >= 0.6 is 12.2 Å². The van der Waals surface area contributed by atoms with Crippen LogP contribution < -0.4 is 0 Å². The lowest BCUT2D eigenvalue weighted by Crippen LogP contribution is -2.22. The second kappa shape index (κ2) is 19.0. The van der Waals surface area contributed by atoms with Crippen molar-refractivity contribution in [2.45, 2.75) is 129 Å². The van der Waals surface area contributed by atoms with E-state index in [0.29, 0.717) is 5.56 Å². The molecule has 0 heterocycles. The summed E-state index contributed by atoms with van der Waals surface area (Å²) >= 11 is 6.17. The molecule has 0 amide bonds. The predicted molar refractivity (Wildman–Crippen MR) is 211 cm³/mol. The third-order valence-electron chi connectivity index (χ3n) is 10.2. The smallest absolute Gasteiger partial charge is 0.194 e. The minimum atomic E-state index is 0.0698. The summed E-state index contributed by atoms with van der Waals surface area (Å²) in [7, 11) is 0. The van der Waals surface area contributed by atoms with E-state index >= 15 is 0 Å². The Hall–Kier alpha value is -3.36. The average molecular weight is 657 g/mol. The number of carbonyl (C=O) groups is 1. The molecule has 0 aromatic heterocycles. The Kier molecular flexibility index (Phi) is 14.2. The first-order valence-electron chi connectivity index (χ1n) is 19.2. The van der Waals surface area contributed by atoms with Crippen molar-refractivity contribution in [2.75, 3.05) is 0 Å². The van der Waals surface area contributed by atoms with E-state index in [1.54, 1.807) is 0 Å². The van der Waals surface area contributed by atoms with Gasteiger partial charge in [-0.1, -0.05) is 201 Å². The maximum absolute atomic E-state index is 14.2. The van der Waals surface area contributed by atoms with Crippen LogP contribution in [0.15, 0.2) is 84.9 Å². The van der Waals surface area contributed by atoms with E-state index in [1.807, 2.05) is 18.2 Å². The number of aryl methyl sites for hydroxylation is 2. The first-order chi connectivity index (χ1) is 23.6. The molecule has 1 nitrogen and oxygen atoms in total. The number of thiocarbonyl (C=S) groups is 1. The van der Waals surface area contributed by atoms with Crippen molar-refractivity contribution >= 4 is 22.9 Å². The van der Waals surface area contributed by atoms with Gasteiger partial charge in [0.05, 0.1) is 4.86 Å². The summed E-state index contributed by atoms with van der Waals surface area (Å²) in [6.45, 7) is 4.55. The number of unbranched alkanes of at least 4 members (excludes halogenated alkanes) is 14. The van der Waals surface area contributed by atoms with Gasteiger partial charge in [0.15, 0.2) is 5.78 Å². The number of benzene rings is 4. The molecule has 0 atom stereocenters. The zero-order valence-electron chi connectivity index (χ0n) is 29.6. The zero-order chi connectivity index (χ0) is 33.6. The van der Waals surface area contributed by atoms with Crippen LogP contribution in [0.5, 0.6) is 0 Å². The molecule has 5 rings (SSSR count). The van der Waals surface area contributed by atoms with Crippen LogP contribution in [0.3, 0.4) is 0 Å². The highest BCUT2D eigenvalue weighted by Gasteiger charge is 2.31. The standard InChI is InChI=1S/C46H56OS/c1-3-5-7-9-11-13-15-17-21-35-27-31-37(32-28-35)39-23-20-26-42-43(39)45(47)41-25-19-24-40(44(41)46(42)48)38-33-29-36(30-34-38)22-18-16-14-12-10-8-6-4-2/h19-20,23-34H,3-18,21-22H2,1-2H3. The van der Waals surface area contributed by atoms with Crippen molar-refractivity contribution in [3.05, 3.63) is 118 Å². The van der Waals surface area contributed by atoms with Crippen molar-refractivity contribution in [3.8, 4) is 22.3 Å². The summed E-state index contributed by atoms with van der Waals surface area (Å²) in [6.07, 6.45) is 23.6. The molecule has 4 aromatic carbocycles. The molecule has 1 aliphatic rings. The fourth-order valence-electron chi connectivity index (χ4n) is 7.35. The van der Waals surface area contributed by atoms with Crippen molar-refractivity contribution < 1.29 is 4.79 Å². The van der Waals surface area contributed by atoms with Gasteiger partial charge in [-0.15, -0.1) is 0 Å². The van der Waals surface area contributed by atoms with Gasteiger partial charge in [0.1, 0.15) is 0 Å². The molecule has 0 unspecified atom stereocenters. The lowest BCUT2D eigenvalue weighted by molar-refractivity contribution is 0.103. The molecule has 252 valence electrons. The second-order valence-electron chi connectivity index (χ2n) is 14.0. The third-order valence-corrected chi connectivity index (χ3v) is 10.7. The fraction of sp³-hybridized carbons (Fsp3) is 0.435. The zero-order valence-corrected chi connectivity index (χ0v) is 30.4. The maximum atomic E-state index is 14.2. The molecule has 0 spiro atoms. The molecular weight excluding hydrogens is 601 g/mol. The summed E-state index contributed by atoms with van der Waals surface area (Å²) in [5, 5.41) is 0. The Morgan fingerprint density at radius 3 is 1.25 bits per heavy atom. The van der Waals surface area contributed by atoms with Gasteiger partial charge in [-0.3, -0.25) is 4.79 Å². The van der Waals surface area contributed by atoms with Crippen LogP contribution in [0.25, 0.3) is 22.3 Å². The van der Waals surface area contributed by atoms with Gasteiger partial charge < -0.3 is 0 Å². The lowest BCUT2D eigenvalue weighted by Gasteiger charge is -2.24. The summed E-state index contributed by atoms with van der Waals surface area (Å²) < 4.78 is 0. The van der Waals surface area contributed by atoms with Crippen molar-refractivity contribution in [1.29, 1.82) is 0 Å². The summed E-state index contributed by atoms with van der Waals surface area (Å²) in [4.78, 5) is 15.0. The molecule has 0 saturated heterocycles. The molecule has 0 fully saturated rings. The second-order valence-corrected chi connectivity index (χ2v) is 14.4. The monoisotopic (exact) mass is 656 g/mol. The Morgan fingerprint density at radius 1 is 0.417 bits per heavy atom. The van der Waals surface area contributed by atoms with Crippen molar-refractivity contribution in [3.63, 3.8) is 0 Å². The Balaban J connectivity index is 1.23. The van der Waals surface area contributed by atoms with Gasteiger partial charge in [0.2, 0.25) is 0 Å². The number of carbonyl (C=O) groups excluding carboxylic acids is 1. The molecule has 48 heavy (non-hydrogen) atoms. The molecule has 1 aliphatic carbocycles. The first-order valence-corrected chi connectivity index (χ1v) is 19.6.